The summed E-state index contributed by atoms with van der Waals surface area (Å²) < 4.78 is 5.53. The standard InChI is InChI=1S/C20H25BrN2O3/c1-3-4-7-17-22-20(10-5-6-11-20)19(25)23(17)13-14-8-9-16(21)15(12-14)18(24)26-2/h8-9,12H,3-7,10-11,13H2,1-2H3. The predicted octanol–water partition coefficient (Wildman–Crippen LogP) is 4.48. The maximum Gasteiger partial charge on any atom is 0.339 e. The Labute approximate surface area is 162 Å². The number of hydrogen-bond acceptors (Lipinski definition) is 4. The van der Waals surface area contributed by atoms with E-state index < -0.39 is 11.5 Å². The first-order valence-corrected chi connectivity index (χ1v) is 10.1. The number of unbranched alkanes of at least 4 members (excludes halogenated alkanes) is 1. The number of carbonyl (C=O) groups is 2. The molecule has 1 saturated carbocycles. The van der Waals surface area contributed by atoms with Crippen molar-refractivity contribution < 1.29 is 14.3 Å². The minimum Gasteiger partial charge on any atom is -0.465 e. The van der Waals surface area contributed by atoms with E-state index in [0.29, 0.717) is 16.6 Å². The molecule has 0 aromatic heterocycles. The van der Waals surface area contributed by atoms with Crippen molar-refractivity contribution >= 4 is 33.6 Å². The third-order valence-corrected chi connectivity index (χ3v) is 5.95. The molecule has 1 aromatic rings. The number of nitrogens with zero attached hydrogens (tertiary/aromatic N) is 2. The first kappa shape index (κ1) is 19.1. The van der Waals surface area contributed by atoms with Crippen molar-refractivity contribution in [1.29, 1.82) is 0 Å². The van der Waals surface area contributed by atoms with E-state index in [0.717, 1.165) is 56.3 Å². The van der Waals surface area contributed by atoms with Gasteiger partial charge in [-0.1, -0.05) is 32.3 Å². The Bertz CT molecular complexity index is 739. The monoisotopic (exact) mass is 420 g/mol. The third kappa shape index (κ3) is 3.56. The topological polar surface area (TPSA) is 59.0 Å². The van der Waals surface area contributed by atoms with Gasteiger partial charge in [0.1, 0.15) is 11.4 Å². The van der Waals surface area contributed by atoms with E-state index in [1.54, 1.807) is 6.07 Å². The lowest BCUT2D eigenvalue weighted by atomic mass is 9.98. The molecule has 0 N–H and O–H groups in total. The van der Waals surface area contributed by atoms with Gasteiger partial charge in [0.15, 0.2) is 0 Å². The Hall–Kier alpha value is -1.69. The quantitative estimate of drug-likeness (QED) is 0.637. The summed E-state index contributed by atoms with van der Waals surface area (Å²) in [5.41, 5.74) is 0.851. The van der Waals surface area contributed by atoms with E-state index in [4.69, 9.17) is 9.73 Å². The highest BCUT2D eigenvalue weighted by Gasteiger charge is 2.49. The Kier molecular flexibility index (Phi) is 5.80. The Balaban J connectivity index is 1.86. The zero-order chi connectivity index (χ0) is 18.7. The van der Waals surface area contributed by atoms with Crippen molar-refractivity contribution in [1.82, 2.24) is 4.90 Å². The zero-order valence-corrected chi connectivity index (χ0v) is 17.0. The molecule has 0 radical (unpaired) electrons. The second-order valence-corrected chi connectivity index (χ2v) is 7.92. The molecule has 26 heavy (non-hydrogen) atoms. The van der Waals surface area contributed by atoms with Crippen molar-refractivity contribution in [2.75, 3.05) is 7.11 Å². The van der Waals surface area contributed by atoms with Gasteiger partial charge in [-0.05, 0) is 52.9 Å². The van der Waals surface area contributed by atoms with Gasteiger partial charge < -0.3 is 4.74 Å². The molecule has 1 aliphatic heterocycles. The Morgan fingerprint density at radius 2 is 2.08 bits per heavy atom. The highest BCUT2D eigenvalue weighted by Crippen LogP contribution is 2.40. The van der Waals surface area contributed by atoms with Gasteiger partial charge in [-0.2, -0.15) is 0 Å². The summed E-state index contributed by atoms with van der Waals surface area (Å²) in [7, 11) is 1.37. The molecule has 1 aromatic carbocycles. The van der Waals surface area contributed by atoms with Crippen LogP contribution < -0.4 is 0 Å². The molecular weight excluding hydrogens is 396 g/mol. The minimum atomic E-state index is -0.524. The van der Waals surface area contributed by atoms with Gasteiger partial charge >= 0.3 is 5.97 Å². The normalized spacial score (nSPS) is 18.5. The van der Waals surface area contributed by atoms with Crippen molar-refractivity contribution in [2.45, 2.75) is 64.0 Å². The van der Waals surface area contributed by atoms with Crippen molar-refractivity contribution in [2.24, 2.45) is 4.99 Å². The molecular formula is C20H25BrN2O3. The molecule has 1 fully saturated rings. The first-order valence-electron chi connectivity index (χ1n) is 9.28. The van der Waals surface area contributed by atoms with Crippen molar-refractivity contribution in [3.05, 3.63) is 33.8 Å². The number of amidine groups is 1. The molecule has 6 heteroatoms. The van der Waals surface area contributed by atoms with Crippen LogP contribution in [0.4, 0.5) is 0 Å². The number of hydrogen-bond donors (Lipinski definition) is 0. The molecule has 5 nitrogen and oxygen atoms in total. The van der Waals surface area contributed by atoms with Crippen LogP contribution in [0.1, 0.15) is 67.8 Å². The lowest BCUT2D eigenvalue weighted by Crippen LogP contribution is -2.40. The second-order valence-electron chi connectivity index (χ2n) is 7.07. The Morgan fingerprint density at radius 3 is 2.73 bits per heavy atom. The minimum absolute atomic E-state index is 0.128. The van der Waals surface area contributed by atoms with Crippen LogP contribution in [-0.2, 0) is 16.1 Å². The first-order chi connectivity index (χ1) is 12.5. The van der Waals surface area contributed by atoms with Crippen LogP contribution in [0.5, 0.6) is 0 Å². The van der Waals surface area contributed by atoms with Crippen LogP contribution in [0, 0.1) is 0 Å². The summed E-state index contributed by atoms with van der Waals surface area (Å²) in [6, 6.07) is 5.55. The number of halogens is 1. The number of aliphatic imine (C=N–C) groups is 1. The summed E-state index contributed by atoms with van der Waals surface area (Å²) in [5.74, 6) is 0.642. The molecule has 0 atom stereocenters. The Morgan fingerprint density at radius 1 is 1.35 bits per heavy atom. The fraction of sp³-hybridized carbons (Fsp3) is 0.550. The molecule has 1 amide bonds. The molecule has 3 rings (SSSR count). The SMILES string of the molecule is CCCCC1=NC2(CCCC2)C(=O)N1Cc1ccc(Br)c(C(=O)OC)c1. The second kappa shape index (κ2) is 7.91. The fourth-order valence-corrected chi connectivity index (χ4v) is 4.23. The van der Waals surface area contributed by atoms with Gasteiger partial charge in [0.2, 0.25) is 0 Å². The fourth-order valence-electron chi connectivity index (χ4n) is 3.82. The average Bonchev–Trinajstić information content (AvgIpc) is 3.22. The van der Waals surface area contributed by atoms with E-state index in [-0.39, 0.29) is 5.91 Å². The molecule has 140 valence electrons. The lowest BCUT2D eigenvalue weighted by molar-refractivity contribution is -0.131. The highest BCUT2D eigenvalue weighted by molar-refractivity contribution is 9.10. The smallest absolute Gasteiger partial charge is 0.339 e. The van der Waals surface area contributed by atoms with E-state index in [2.05, 4.69) is 22.9 Å². The maximum absolute atomic E-state index is 13.2. The highest BCUT2D eigenvalue weighted by atomic mass is 79.9. The number of amides is 1. The molecule has 2 aliphatic rings. The van der Waals surface area contributed by atoms with Crippen LogP contribution >= 0.6 is 15.9 Å². The van der Waals surface area contributed by atoms with E-state index in [9.17, 15) is 9.59 Å². The van der Waals surface area contributed by atoms with E-state index in [1.807, 2.05) is 17.0 Å². The van der Waals surface area contributed by atoms with E-state index >= 15 is 0 Å². The number of benzene rings is 1. The van der Waals surface area contributed by atoms with Gasteiger partial charge in [0.05, 0.1) is 19.2 Å². The van der Waals surface area contributed by atoms with Gasteiger partial charge in [-0.15, -0.1) is 0 Å². The average molecular weight is 421 g/mol. The van der Waals surface area contributed by atoms with Crippen LogP contribution in [0.25, 0.3) is 0 Å². The number of esters is 1. The van der Waals surface area contributed by atoms with Crippen LogP contribution in [-0.4, -0.2) is 35.3 Å². The van der Waals surface area contributed by atoms with Crippen LogP contribution in [0.15, 0.2) is 27.7 Å². The number of methoxy groups -OCH3 is 1. The summed E-state index contributed by atoms with van der Waals surface area (Å²) >= 11 is 3.39. The predicted molar refractivity (Wildman–Crippen MR) is 104 cm³/mol. The van der Waals surface area contributed by atoms with Gasteiger partial charge in [0, 0.05) is 10.9 Å². The van der Waals surface area contributed by atoms with Gasteiger partial charge in [-0.3, -0.25) is 14.7 Å². The van der Waals surface area contributed by atoms with Crippen LogP contribution in [0.2, 0.25) is 0 Å². The summed E-state index contributed by atoms with van der Waals surface area (Å²) in [6.45, 7) is 2.59. The van der Waals surface area contributed by atoms with Gasteiger partial charge in [-0.25, -0.2) is 4.79 Å². The van der Waals surface area contributed by atoms with Crippen molar-refractivity contribution in [3.8, 4) is 0 Å². The lowest BCUT2D eigenvalue weighted by Gasteiger charge is -2.23. The molecule has 1 spiro atoms. The maximum atomic E-state index is 13.2. The summed E-state index contributed by atoms with van der Waals surface area (Å²) in [5, 5.41) is 0. The number of rotatable bonds is 6. The number of carbonyl (C=O) groups excluding carboxylic acids is 2. The molecule has 1 aliphatic carbocycles. The molecule has 0 bridgehead atoms. The molecule has 1 heterocycles. The number of ether oxygens (including phenoxy) is 1. The molecule has 0 unspecified atom stereocenters. The van der Waals surface area contributed by atoms with Crippen molar-refractivity contribution in [3.63, 3.8) is 0 Å². The van der Waals surface area contributed by atoms with E-state index in [1.165, 1.54) is 7.11 Å². The summed E-state index contributed by atoms with van der Waals surface area (Å²) in [4.78, 5) is 31.8. The molecule has 0 saturated heterocycles. The largest absolute Gasteiger partial charge is 0.465 e. The summed E-state index contributed by atoms with van der Waals surface area (Å²) in [6.07, 6.45) is 6.75. The third-order valence-electron chi connectivity index (χ3n) is 5.26. The van der Waals surface area contributed by atoms with Gasteiger partial charge in [0.25, 0.3) is 5.91 Å². The zero-order valence-electron chi connectivity index (χ0n) is 15.4. The van der Waals surface area contributed by atoms with Crippen LogP contribution in [0.3, 0.4) is 0 Å².